The van der Waals surface area contributed by atoms with Crippen LogP contribution < -0.4 is 5.32 Å². The van der Waals surface area contributed by atoms with Crippen LogP contribution in [0.2, 0.25) is 0 Å². The summed E-state index contributed by atoms with van der Waals surface area (Å²) in [7, 11) is 2.03. The van der Waals surface area contributed by atoms with E-state index in [1.807, 2.05) is 31.4 Å². The summed E-state index contributed by atoms with van der Waals surface area (Å²) in [5.74, 6) is 2.16. The van der Waals surface area contributed by atoms with Crippen molar-refractivity contribution in [2.24, 2.45) is 5.92 Å². The summed E-state index contributed by atoms with van der Waals surface area (Å²) in [6, 6.07) is 14.6. The smallest absolute Gasteiger partial charge is 0.138 e. The minimum Gasteiger partial charge on any atom is -0.341 e. The zero-order chi connectivity index (χ0) is 21.9. The second kappa shape index (κ2) is 9.39. The van der Waals surface area contributed by atoms with Crippen LogP contribution in [0.1, 0.15) is 43.5 Å². The average molecular weight is 428 g/mol. The van der Waals surface area contributed by atoms with Crippen molar-refractivity contribution < 1.29 is 0 Å². The number of aromatic nitrogens is 3. The Morgan fingerprint density at radius 3 is 2.56 bits per heavy atom. The molecule has 2 N–H and O–H groups in total. The summed E-state index contributed by atoms with van der Waals surface area (Å²) in [6.45, 7) is 6.98. The van der Waals surface area contributed by atoms with Crippen molar-refractivity contribution in [2.75, 3.05) is 33.2 Å². The number of likely N-dealkylation sites (N-methyl/N-ethyl adjacent to an activating group) is 1. The molecule has 0 saturated carbocycles. The van der Waals surface area contributed by atoms with Crippen LogP contribution in [0.3, 0.4) is 0 Å². The number of nitrogens with zero attached hydrogens (tertiary/aromatic N) is 3. The van der Waals surface area contributed by atoms with Gasteiger partial charge < -0.3 is 15.2 Å². The molecule has 1 saturated heterocycles. The van der Waals surface area contributed by atoms with Gasteiger partial charge >= 0.3 is 0 Å². The summed E-state index contributed by atoms with van der Waals surface area (Å²) < 4.78 is 0. The Morgan fingerprint density at radius 2 is 1.84 bits per heavy atom. The summed E-state index contributed by atoms with van der Waals surface area (Å²) in [5, 5.41) is 3.27. The van der Waals surface area contributed by atoms with E-state index in [0.29, 0.717) is 11.8 Å². The molecule has 0 amide bonds. The highest BCUT2D eigenvalue weighted by Crippen LogP contribution is 2.39. The molecule has 5 rings (SSSR count). The van der Waals surface area contributed by atoms with Crippen LogP contribution in [-0.2, 0) is 0 Å². The van der Waals surface area contributed by atoms with Gasteiger partial charge in [0, 0.05) is 42.0 Å². The molecule has 5 heteroatoms. The van der Waals surface area contributed by atoms with Gasteiger partial charge in [-0.3, -0.25) is 4.98 Å². The molecule has 3 heterocycles. The Labute approximate surface area is 191 Å². The minimum absolute atomic E-state index is 0.487. The zero-order valence-corrected chi connectivity index (χ0v) is 19.1. The maximum absolute atomic E-state index is 5.01. The number of fused-ring (bicyclic) bond motifs is 1. The number of imidazole rings is 1. The largest absolute Gasteiger partial charge is 0.341 e. The number of nitrogens with one attached hydrogen (secondary N) is 2. The van der Waals surface area contributed by atoms with Crippen molar-refractivity contribution in [3.8, 4) is 22.6 Å². The lowest BCUT2D eigenvalue weighted by Gasteiger charge is -2.34. The molecule has 32 heavy (non-hydrogen) atoms. The van der Waals surface area contributed by atoms with E-state index >= 15 is 0 Å². The summed E-state index contributed by atoms with van der Waals surface area (Å²) in [4.78, 5) is 15.7. The van der Waals surface area contributed by atoms with Gasteiger partial charge in [-0.2, -0.15) is 0 Å². The second-order valence-electron chi connectivity index (χ2n) is 9.22. The van der Waals surface area contributed by atoms with Crippen molar-refractivity contribution >= 4 is 6.08 Å². The number of piperidine rings is 1. The lowest BCUT2D eigenvalue weighted by molar-refractivity contribution is 0.198. The summed E-state index contributed by atoms with van der Waals surface area (Å²) in [5.41, 5.74) is 7.27. The maximum Gasteiger partial charge on any atom is 0.138 e. The fraction of sp³-hybridized carbons (Fsp3) is 0.407. The number of allylic oxidation sites excluding steroid dienone is 1. The first kappa shape index (κ1) is 21.1. The number of hydrogen-bond acceptors (Lipinski definition) is 4. The molecule has 1 atom stereocenters. The molecular weight excluding hydrogens is 394 g/mol. The second-order valence-corrected chi connectivity index (χ2v) is 9.22. The van der Waals surface area contributed by atoms with E-state index in [1.54, 1.807) is 5.57 Å². The van der Waals surface area contributed by atoms with Gasteiger partial charge in [0.25, 0.3) is 0 Å². The third kappa shape index (κ3) is 4.41. The van der Waals surface area contributed by atoms with Gasteiger partial charge in [0.15, 0.2) is 0 Å². The van der Waals surface area contributed by atoms with Crippen molar-refractivity contribution in [3.05, 3.63) is 65.6 Å². The van der Waals surface area contributed by atoms with Crippen LogP contribution >= 0.6 is 0 Å². The number of benzene rings is 1. The van der Waals surface area contributed by atoms with Crippen molar-refractivity contribution in [3.63, 3.8) is 0 Å². The first-order valence-electron chi connectivity index (χ1n) is 11.9. The molecule has 1 aromatic carbocycles. The molecule has 1 aliphatic carbocycles. The van der Waals surface area contributed by atoms with Crippen molar-refractivity contribution in [2.45, 2.75) is 32.1 Å². The van der Waals surface area contributed by atoms with E-state index in [2.05, 4.69) is 57.4 Å². The predicted molar refractivity (Wildman–Crippen MR) is 131 cm³/mol. The van der Waals surface area contributed by atoms with E-state index < -0.39 is 0 Å². The van der Waals surface area contributed by atoms with Gasteiger partial charge in [-0.25, -0.2) is 4.98 Å². The quantitative estimate of drug-likeness (QED) is 0.584. The number of hydrogen-bond donors (Lipinski definition) is 2. The van der Waals surface area contributed by atoms with Crippen LogP contribution in [0, 0.1) is 5.92 Å². The standard InChI is InChI=1S/C27H33N5/c1-19-17-23(20-10-14-32(15-11-20)16-13-28-2)18-25-26(19)31-27(30-25)22-8-6-21(7-9-22)24-5-3-4-12-29-24/h3-9,12,18-20,28H,10-11,13-17H2,1-2H3,(H,30,31). The maximum atomic E-state index is 5.01. The van der Waals surface area contributed by atoms with Crippen LogP contribution in [0.5, 0.6) is 0 Å². The Bertz CT molecular complexity index is 1060. The number of pyridine rings is 1. The highest BCUT2D eigenvalue weighted by molar-refractivity contribution is 5.67. The third-order valence-corrected chi connectivity index (χ3v) is 7.03. The van der Waals surface area contributed by atoms with E-state index in [-0.39, 0.29) is 0 Å². The number of aromatic amines is 1. The molecule has 2 aromatic heterocycles. The Morgan fingerprint density at radius 1 is 1.06 bits per heavy atom. The molecule has 1 aliphatic heterocycles. The molecule has 166 valence electrons. The van der Waals surface area contributed by atoms with Gasteiger partial charge in [0.2, 0.25) is 0 Å². The molecule has 0 bridgehead atoms. The predicted octanol–water partition coefficient (Wildman–Crippen LogP) is 4.96. The van der Waals surface area contributed by atoms with Crippen LogP contribution in [-0.4, -0.2) is 53.1 Å². The fourth-order valence-electron chi connectivity index (χ4n) is 5.13. The van der Waals surface area contributed by atoms with Gasteiger partial charge in [-0.1, -0.05) is 42.8 Å². The topological polar surface area (TPSA) is 56.8 Å². The van der Waals surface area contributed by atoms with Gasteiger partial charge in [0.1, 0.15) is 5.82 Å². The normalized spacial score (nSPS) is 19.6. The first-order chi connectivity index (χ1) is 15.7. The minimum atomic E-state index is 0.487. The molecule has 1 unspecified atom stereocenters. The average Bonchev–Trinajstić information content (AvgIpc) is 3.29. The highest BCUT2D eigenvalue weighted by Gasteiger charge is 2.28. The SMILES string of the molecule is CNCCN1CCC(C2=Cc3nc(-c4ccc(-c5ccccn5)cc4)[nH]c3C(C)C2)CC1. The Kier molecular flexibility index (Phi) is 6.19. The van der Waals surface area contributed by atoms with E-state index in [9.17, 15) is 0 Å². The third-order valence-electron chi connectivity index (χ3n) is 7.03. The lowest BCUT2D eigenvalue weighted by Crippen LogP contribution is -2.38. The Hall–Kier alpha value is -2.76. The fourth-order valence-corrected chi connectivity index (χ4v) is 5.13. The van der Waals surface area contributed by atoms with E-state index in [0.717, 1.165) is 47.8 Å². The van der Waals surface area contributed by atoms with Gasteiger partial charge in [0.05, 0.1) is 11.4 Å². The first-order valence-corrected chi connectivity index (χ1v) is 11.9. The molecule has 1 fully saturated rings. The van der Waals surface area contributed by atoms with Gasteiger partial charge in [-0.15, -0.1) is 0 Å². The lowest BCUT2D eigenvalue weighted by atomic mass is 9.80. The van der Waals surface area contributed by atoms with Crippen LogP contribution in [0.4, 0.5) is 0 Å². The number of likely N-dealkylation sites (tertiary alicyclic amines) is 1. The van der Waals surface area contributed by atoms with Crippen LogP contribution in [0.15, 0.2) is 54.2 Å². The zero-order valence-electron chi connectivity index (χ0n) is 19.1. The molecule has 2 aliphatic rings. The summed E-state index contributed by atoms with van der Waals surface area (Å²) in [6.07, 6.45) is 7.90. The van der Waals surface area contributed by atoms with Crippen molar-refractivity contribution in [1.82, 2.24) is 25.2 Å². The number of rotatable bonds is 6. The van der Waals surface area contributed by atoms with Crippen molar-refractivity contribution in [1.29, 1.82) is 0 Å². The Balaban J connectivity index is 1.32. The highest BCUT2D eigenvalue weighted by atomic mass is 15.1. The number of H-pyrrole nitrogens is 1. The van der Waals surface area contributed by atoms with E-state index in [1.165, 1.54) is 31.6 Å². The monoisotopic (exact) mass is 427 g/mol. The molecular formula is C27H33N5. The molecule has 0 radical (unpaired) electrons. The molecule has 3 aromatic rings. The summed E-state index contributed by atoms with van der Waals surface area (Å²) >= 11 is 0. The van der Waals surface area contributed by atoms with Crippen LogP contribution in [0.25, 0.3) is 28.7 Å². The van der Waals surface area contributed by atoms with E-state index in [4.69, 9.17) is 4.98 Å². The molecule has 5 nitrogen and oxygen atoms in total. The van der Waals surface area contributed by atoms with Gasteiger partial charge in [-0.05, 0) is 63.5 Å². The molecule has 0 spiro atoms.